The Morgan fingerprint density at radius 1 is 1.30 bits per heavy atom. The van der Waals surface area contributed by atoms with E-state index >= 15 is 0 Å². The predicted octanol–water partition coefficient (Wildman–Crippen LogP) is 1.99. The molecule has 0 unspecified atom stereocenters. The van der Waals surface area contributed by atoms with Crippen LogP contribution in [0, 0.1) is 0 Å². The molecule has 0 aliphatic carbocycles. The summed E-state index contributed by atoms with van der Waals surface area (Å²) < 4.78 is 6.65. The number of nitrogens with zero attached hydrogens (tertiary/aromatic N) is 4. The van der Waals surface area contributed by atoms with Gasteiger partial charge in [0.1, 0.15) is 11.0 Å². The van der Waals surface area contributed by atoms with Gasteiger partial charge >= 0.3 is 0 Å². The van der Waals surface area contributed by atoms with Crippen molar-refractivity contribution in [2.24, 2.45) is 0 Å². The van der Waals surface area contributed by atoms with Crippen molar-refractivity contribution in [3.05, 3.63) is 42.2 Å². The monoisotopic (exact) mass is 271 g/mol. The first kappa shape index (κ1) is 12.8. The van der Waals surface area contributed by atoms with Crippen molar-refractivity contribution in [2.75, 3.05) is 0 Å². The van der Waals surface area contributed by atoms with Crippen LogP contribution in [0.2, 0.25) is 0 Å². The van der Waals surface area contributed by atoms with E-state index in [1.54, 1.807) is 6.20 Å². The lowest BCUT2D eigenvalue weighted by molar-refractivity contribution is 0.315. The minimum atomic E-state index is 0.422. The van der Waals surface area contributed by atoms with Crippen LogP contribution in [0.25, 0.3) is 11.0 Å². The number of aromatic nitrogens is 4. The molecule has 1 N–H and O–H groups in total. The van der Waals surface area contributed by atoms with E-state index in [-0.39, 0.29) is 0 Å². The molecule has 2 aromatic heterocycles. The van der Waals surface area contributed by atoms with Gasteiger partial charge in [0.25, 0.3) is 0 Å². The van der Waals surface area contributed by atoms with E-state index in [0.29, 0.717) is 6.04 Å². The predicted molar refractivity (Wildman–Crippen MR) is 74.9 cm³/mol. The molecule has 0 aliphatic heterocycles. The molecule has 0 bridgehead atoms. The van der Waals surface area contributed by atoms with Crippen LogP contribution in [-0.2, 0) is 13.1 Å². The van der Waals surface area contributed by atoms with Gasteiger partial charge in [0.2, 0.25) is 0 Å². The van der Waals surface area contributed by atoms with Crippen molar-refractivity contribution in [3.63, 3.8) is 0 Å². The van der Waals surface area contributed by atoms with Crippen LogP contribution in [0.5, 0.6) is 0 Å². The van der Waals surface area contributed by atoms with Gasteiger partial charge < -0.3 is 5.32 Å². The molecule has 104 valence electrons. The summed E-state index contributed by atoms with van der Waals surface area (Å²) in [7, 11) is 0. The summed E-state index contributed by atoms with van der Waals surface area (Å²) in [5, 5.41) is 15.3. The lowest BCUT2D eigenvalue weighted by Gasteiger charge is -2.13. The van der Waals surface area contributed by atoms with E-state index in [0.717, 1.165) is 30.5 Å². The maximum absolute atomic E-state index is 4.70. The van der Waals surface area contributed by atoms with Gasteiger partial charge in [-0.2, -0.15) is 5.10 Å². The van der Waals surface area contributed by atoms with E-state index in [2.05, 4.69) is 27.7 Å². The van der Waals surface area contributed by atoms with Crippen molar-refractivity contribution < 1.29 is 4.63 Å². The Kier molecular flexibility index (Phi) is 3.73. The zero-order valence-electron chi connectivity index (χ0n) is 11.4. The van der Waals surface area contributed by atoms with E-state index in [1.807, 2.05) is 35.1 Å². The van der Waals surface area contributed by atoms with Crippen molar-refractivity contribution in [1.82, 2.24) is 25.4 Å². The molecule has 20 heavy (non-hydrogen) atoms. The van der Waals surface area contributed by atoms with E-state index in [4.69, 9.17) is 4.63 Å². The molecule has 6 heteroatoms. The third-order valence-corrected chi connectivity index (χ3v) is 3.32. The molecule has 0 spiro atoms. The van der Waals surface area contributed by atoms with Crippen molar-refractivity contribution in [2.45, 2.75) is 32.5 Å². The van der Waals surface area contributed by atoms with Gasteiger partial charge in [-0.25, -0.2) is 4.63 Å². The molecule has 1 aromatic carbocycles. The minimum absolute atomic E-state index is 0.422. The Balaban J connectivity index is 1.50. The summed E-state index contributed by atoms with van der Waals surface area (Å²) in [5.74, 6) is 0. The Morgan fingerprint density at radius 3 is 3.05 bits per heavy atom. The highest BCUT2D eigenvalue weighted by Gasteiger charge is 2.05. The summed E-state index contributed by atoms with van der Waals surface area (Å²) in [4.78, 5) is 0. The number of aryl methyl sites for hydroxylation is 1. The highest BCUT2D eigenvalue weighted by Crippen LogP contribution is 2.11. The maximum atomic E-state index is 4.70. The van der Waals surface area contributed by atoms with Crippen LogP contribution in [0.1, 0.15) is 18.9 Å². The van der Waals surface area contributed by atoms with Gasteiger partial charge in [0.15, 0.2) is 0 Å². The third kappa shape index (κ3) is 3.03. The Hall–Kier alpha value is -2.21. The fourth-order valence-corrected chi connectivity index (χ4v) is 2.09. The number of nitrogens with one attached hydrogen (secondary N) is 1. The SMILES string of the molecule is C[C@@H](CCn1cccn1)NCc1ccc2nonc2c1. The topological polar surface area (TPSA) is 68.8 Å². The summed E-state index contributed by atoms with van der Waals surface area (Å²) in [6.07, 6.45) is 4.83. The number of rotatable bonds is 6. The highest BCUT2D eigenvalue weighted by atomic mass is 16.6. The molecular weight excluding hydrogens is 254 g/mol. The Morgan fingerprint density at radius 2 is 2.20 bits per heavy atom. The molecule has 3 rings (SSSR count). The van der Waals surface area contributed by atoms with Crippen LogP contribution < -0.4 is 5.32 Å². The smallest absolute Gasteiger partial charge is 0.135 e. The van der Waals surface area contributed by atoms with E-state index in [9.17, 15) is 0 Å². The fourth-order valence-electron chi connectivity index (χ4n) is 2.09. The van der Waals surface area contributed by atoms with Gasteiger partial charge in [0.05, 0.1) is 0 Å². The van der Waals surface area contributed by atoms with Crippen LogP contribution >= 0.6 is 0 Å². The summed E-state index contributed by atoms with van der Waals surface area (Å²) in [6, 6.07) is 8.33. The molecule has 3 aromatic rings. The van der Waals surface area contributed by atoms with E-state index in [1.165, 1.54) is 5.56 Å². The van der Waals surface area contributed by atoms with Crippen molar-refractivity contribution in [1.29, 1.82) is 0 Å². The van der Waals surface area contributed by atoms with Gasteiger partial charge in [-0.1, -0.05) is 6.07 Å². The Bertz CT molecular complexity index is 661. The van der Waals surface area contributed by atoms with Crippen LogP contribution in [0.4, 0.5) is 0 Å². The minimum Gasteiger partial charge on any atom is -0.310 e. The summed E-state index contributed by atoms with van der Waals surface area (Å²) >= 11 is 0. The van der Waals surface area contributed by atoms with E-state index < -0.39 is 0 Å². The highest BCUT2D eigenvalue weighted by molar-refractivity contribution is 5.73. The quantitative estimate of drug-likeness (QED) is 0.742. The Labute approximate surface area is 116 Å². The van der Waals surface area contributed by atoms with Crippen molar-refractivity contribution >= 4 is 11.0 Å². The van der Waals surface area contributed by atoms with Crippen LogP contribution in [-0.4, -0.2) is 26.1 Å². The van der Waals surface area contributed by atoms with Crippen LogP contribution in [0.15, 0.2) is 41.3 Å². The second-order valence-corrected chi connectivity index (χ2v) is 4.93. The molecule has 0 amide bonds. The third-order valence-electron chi connectivity index (χ3n) is 3.32. The lowest BCUT2D eigenvalue weighted by Crippen LogP contribution is -2.26. The largest absolute Gasteiger partial charge is 0.310 e. The maximum Gasteiger partial charge on any atom is 0.135 e. The molecule has 2 heterocycles. The molecule has 1 atom stereocenters. The van der Waals surface area contributed by atoms with Gasteiger partial charge in [-0.3, -0.25) is 4.68 Å². The van der Waals surface area contributed by atoms with Crippen molar-refractivity contribution in [3.8, 4) is 0 Å². The molecule has 0 saturated carbocycles. The lowest BCUT2D eigenvalue weighted by atomic mass is 10.1. The number of hydrogen-bond acceptors (Lipinski definition) is 5. The number of hydrogen-bond donors (Lipinski definition) is 1. The van der Waals surface area contributed by atoms with Gasteiger partial charge in [-0.15, -0.1) is 0 Å². The first-order chi connectivity index (χ1) is 9.81. The molecule has 0 radical (unpaired) electrons. The zero-order chi connectivity index (χ0) is 13.8. The molecule has 0 saturated heterocycles. The standard InChI is InChI=1S/C14H17N5O/c1-11(5-8-19-7-2-6-16-19)15-10-12-3-4-13-14(9-12)18-20-17-13/h2-4,6-7,9,11,15H,5,8,10H2,1H3/t11-/m0/s1. The zero-order valence-corrected chi connectivity index (χ0v) is 11.4. The van der Waals surface area contributed by atoms with Gasteiger partial charge in [0, 0.05) is 31.5 Å². The number of benzene rings is 1. The molecular formula is C14H17N5O. The molecule has 0 fully saturated rings. The fraction of sp³-hybridized carbons (Fsp3) is 0.357. The van der Waals surface area contributed by atoms with Crippen LogP contribution in [0.3, 0.4) is 0 Å². The summed E-state index contributed by atoms with van der Waals surface area (Å²) in [6.45, 7) is 3.91. The first-order valence-electron chi connectivity index (χ1n) is 6.73. The summed E-state index contributed by atoms with van der Waals surface area (Å²) in [5.41, 5.74) is 2.77. The average molecular weight is 271 g/mol. The molecule has 0 aliphatic rings. The first-order valence-corrected chi connectivity index (χ1v) is 6.73. The molecule has 6 nitrogen and oxygen atoms in total. The average Bonchev–Trinajstić information content (AvgIpc) is 3.13. The second kappa shape index (κ2) is 5.83. The number of fused-ring (bicyclic) bond motifs is 1. The normalized spacial score (nSPS) is 12.8. The second-order valence-electron chi connectivity index (χ2n) is 4.93. The van der Waals surface area contributed by atoms with Gasteiger partial charge in [-0.05, 0) is 47.4 Å².